The van der Waals surface area contributed by atoms with Crippen molar-refractivity contribution in [2.45, 2.75) is 18.6 Å². The quantitative estimate of drug-likeness (QED) is 0.540. The third-order valence-electron chi connectivity index (χ3n) is 1.05. The standard InChI is InChI=1S/C6H9S.Y/c1-6-4-2-3-5-7-6;/h2,6H,4-5H2,1H3;/q-1;. The average Bonchev–Trinajstić information content (AvgIpc) is 1.69. The normalized spacial score (nSPS) is 26.9. The zero-order valence-corrected chi connectivity index (χ0v) is 8.71. The molecule has 0 aromatic heterocycles. The van der Waals surface area contributed by atoms with Crippen LogP contribution in [0.15, 0.2) is 6.08 Å². The van der Waals surface area contributed by atoms with Crippen LogP contribution >= 0.6 is 11.8 Å². The van der Waals surface area contributed by atoms with Gasteiger partial charge in [0, 0.05) is 38.0 Å². The minimum absolute atomic E-state index is 0. The first-order valence-corrected chi connectivity index (χ1v) is 3.61. The van der Waals surface area contributed by atoms with Gasteiger partial charge in [0.05, 0.1) is 0 Å². The van der Waals surface area contributed by atoms with Crippen molar-refractivity contribution >= 4 is 11.8 Å². The molecule has 43 valence electrons. The van der Waals surface area contributed by atoms with E-state index in [9.17, 15) is 0 Å². The van der Waals surface area contributed by atoms with Gasteiger partial charge in [0.15, 0.2) is 0 Å². The Bertz CT molecular complexity index is 80.6. The van der Waals surface area contributed by atoms with Gasteiger partial charge in [-0.15, -0.1) is 5.75 Å². The van der Waals surface area contributed by atoms with Crippen molar-refractivity contribution in [3.05, 3.63) is 12.2 Å². The molecule has 0 saturated carbocycles. The zero-order valence-electron chi connectivity index (χ0n) is 5.05. The molecule has 1 atom stereocenters. The van der Waals surface area contributed by atoms with Crippen LogP contribution in [0.1, 0.15) is 13.3 Å². The molecule has 1 heterocycles. The van der Waals surface area contributed by atoms with Gasteiger partial charge in [-0.05, 0) is 0 Å². The first kappa shape index (κ1) is 9.19. The molecule has 1 aliphatic heterocycles. The molecule has 8 heavy (non-hydrogen) atoms. The topological polar surface area (TPSA) is 0 Å². The largest absolute Gasteiger partial charge is 0.490 e. The van der Waals surface area contributed by atoms with E-state index >= 15 is 0 Å². The van der Waals surface area contributed by atoms with Crippen LogP contribution in [0.2, 0.25) is 0 Å². The summed E-state index contributed by atoms with van der Waals surface area (Å²) in [5.41, 5.74) is 0. The molecule has 0 spiro atoms. The predicted octanol–water partition coefficient (Wildman–Crippen LogP) is 1.87. The summed E-state index contributed by atoms with van der Waals surface area (Å²) in [6, 6.07) is 0. The van der Waals surface area contributed by atoms with Crippen LogP contribution in [-0.4, -0.2) is 11.0 Å². The third-order valence-corrected chi connectivity index (χ3v) is 2.14. The summed E-state index contributed by atoms with van der Waals surface area (Å²) < 4.78 is 0. The molecule has 0 bridgehead atoms. The van der Waals surface area contributed by atoms with E-state index in [2.05, 4.69) is 19.1 Å². The fourth-order valence-electron chi connectivity index (χ4n) is 0.567. The summed E-state index contributed by atoms with van der Waals surface area (Å²) in [4.78, 5) is 0. The minimum Gasteiger partial charge on any atom is -0.490 e. The van der Waals surface area contributed by atoms with Crippen LogP contribution in [0.5, 0.6) is 0 Å². The van der Waals surface area contributed by atoms with E-state index in [1.807, 2.05) is 11.8 Å². The van der Waals surface area contributed by atoms with E-state index in [-0.39, 0.29) is 32.7 Å². The van der Waals surface area contributed by atoms with Gasteiger partial charge in [0.1, 0.15) is 0 Å². The average molecular weight is 202 g/mol. The molecule has 0 saturated heterocycles. The van der Waals surface area contributed by atoms with Crippen molar-refractivity contribution in [2.24, 2.45) is 0 Å². The van der Waals surface area contributed by atoms with Crippen LogP contribution in [0.3, 0.4) is 0 Å². The maximum absolute atomic E-state index is 3.15. The van der Waals surface area contributed by atoms with Gasteiger partial charge < -0.3 is 6.08 Å². The van der Waals surface area contributed by atoms with Gasteiger partial charge in [0.25, 0.3) is 0 Å². The van der Waals surface area contributed by atoms with E-state index < -0.39 is 0 Å². The molecular weight excluding hydrogens is 193 g/mol. The van der Waals surface area contributed by atoms with E-state index in [0.717, 1.165) is 11.0 Å². The summed E-state index contributed by atoms with van der Waals surface area (Å²) in [6.07, 6.45) is 6.51. The van der Waals surface area contributed by atoms with Gasteiger partial charge in [-0.25, -0.2) is 0 Å². The van der Waals surface area contributed by atoms with Gasteiger partial charge >= 0.3 is 0 Å². The monoisotopic (exact) mass is 202 g/mol. The molecule has 1 rings (SSSR count). The van der Waals surface area contributed by atoms with Crippen LogP contribution in [-0.2, 0) is 32.7 Å². The fourth-order valence-corrected chi connectivity index (χ4v) is 1.30. The summed E-state index contributed by atoms with van der Waals surface area (Å²) in [7, 11) is 0. The molecule has 0 aromatic rings. The smallest absolute Gasteiger partial charge is 0.000200 e. The summed E-state index contributed by atoms with van der Waals surface area (Å²) in [6.45, 7) is 2.25. The molecule has 1 unspecified atom stereocenters. The van der Waals surface area contributed by atoms with E-state index in [1.165, 1.54) is 6.42 Å². The second kappa shape index (κ2) is 5.02. The molecule has 0 aromatic carbocycles. The van der Waals surface area contributed by atoms with Crippen molar-refractivity contribution < 1.29 is 32.7 Å². The second-order valence-electron chi connectivity index (χ2n) is 1.77. The van der Waals surface area contributed by atoms with Crippen LogP contribution < -0.4 is 0 Å². The molecule has 0 fully saturated rings. The Morgan fingerprint density at radius 3 is 2.75 bits per heavy atom. The number of hydrogen-bond donors (Lipinski definition) is 0. The SMILES string of the molecule is CC1CC=[C-]CS1.[Y]. The minimum atomic E-state index is 0. The van der Waals surface area contributed by atoms with Crippen molar-refractivity contribution in [1.82, 2.24) is 0 Å². The van der Waals surface area contributed by atoms with Crippen LogP contribution in [0.25, 0.3) is 0 Å². The van der Waals surface area contributed by atoms with Crippen molar-refractivity contribution in [1.29, 1.82) is 0 Å². The number of rotatable bonds is 0. The second-order valence-corrected chi connectivity index (χ2v) is 3.19. The Balaban J connectivity index is 0.000000490. The van der Waals surface area contributed by atoms with Gasteiger partial charge in [-0.1, -0.05) is 13.3 Å². The van der Waals surface area contributed by atoms with Crippen molar-refractivity contribution in [2.75, 3.05) is 5.75 Å². The number of allylic oxidation sites excluding steroid dienone is 1. The predicted molar refractivity (Wildman–Crippen MR) is 34.4 cm³/mol. The molecule has 1 radical (unpaired) electrons. The summed E-state index contributed by atoms with van der Waals surface area (Å²) in [5.74, 6) is 1.10. The van der Waals surface area contributed by atoms with E-state index in [1.54, 1.807) is 0 Å². The summed E-state index contributed by atoms with van der Waals surface area (Å²) in [5, 5.41) is 0.834. The molecule has 2 heteroatoms. The maximum atomic E-state index is 3.15. The number of hydrogen-bond acceptors (Lipinski definition) is 1. The van der Waals surface area contributed by atoms with Gasteiger partial charge in [-0.2, -0.15) is 11.8 Å². The molecule has 0 amide bonds. The van der Waals surface area contributed by atoms with Crippen LogP contribution in [0, 0.1) is 6.08 Å². The van der Waals surface area contributed by atoms with Crippen LogP contribution in [0.4, 0.5) is 0 Å². The zero-order chi connectivity index (χ0) is 5.11. The van der Waals surface area contributed by atoms with Crippen molar-refractivity contribution in [3.63, 3.8) is 0 Å². The molecular formula is C6H9SY-. The fraction of sp³-hybridized carbons (Fsp3) is 0.667. The Hall–Kier alpha value is 1.19. The Labute approximate surface area is 80.4 Å². The van der Waals surface area contributed by atoms with Gasteiger partial charge in [0.2, 0.25) is 0 Å². The maximum Gasteiger partial charge on any atom is 0.000200 e. The van der Waals surface area contributed by atoms with E-state index in [4.69, 9.17) is 0 Å². The van der Waals surface area contributed by atoms with E-state index in [0.29, 0.717) is 0 Å². The van der Waals surface area contributed by atoms with Gasteiger partial charge in [-0.3, -0.25) is 6.08 Å². The Morgan fingerprint density at radius 2 is 2.50 bits per heavy atom. The molecule has 0 nitrogen and oxygen atoms in total. The molecule has 0 aliphatic carbocycles. The molecule has 1 aliphatic rings. The third kappa shape index (κ3) is 3.27. The first-order chi connectivity index (χ1) is 3.39. The first-order valence-electron chi connectivity index (χ1n) is 2.56. The molecule has 0 N–H and O–H groups in total. The summed E-state index contributed by atoms with van der Waals surface area (Å²) >= 11 is 1.98. The van der Waals surface area contributed by atoms with Crippen molar-refractivity contribution in [3.8, 4) is 0 Å². The number of thioether (sulfide) groups is 1. The Morgan fingerprint density at radius 1 is 1.75 bits per heavy atom. The Kier molecular flexibility index (Phi) is 5.77.